The van der Waals surface area contributed by atoms with E-state index in [4.69, 9.17) is 11.6 Å². The predicted octanol–water partition coefficient (Wildman–Crippen LogP) is 3.45. The molecule has 1 aromatic heterocycles. The summed E-state index contributed by atoms with van der Waals surface area (Å²) >= 11 is 7.34. The third-order valence-corrected chi connectivity index (χ3v) is 5.74. The van der Waals surface area contributed by atoms with Gasteiger partial charge in [-0.25, -0.2) is 14.4 Å². The average molecular weight is 452 g/mol. The van der Waals surface area contributed by atoms with Gasteiger partial charge in [0.1, 0.15) is 16.8 Å². The molecule has 30 heavy (non-hydrogen) atoms. The van der Waals surface area contributed by atoms with E-state index in [0.29, 0.717) is 47.9 Å². The minimum absolute atomic E-state index is 0.0672. The summed E-state index contributed by atoms with van der Waals surface area (Å²) < 4.78 is 13.0. The Morgan fingerprint density at radius 1 is 1.27 bits per heavy atom. The number of carbonyl (C=O) groups is 2. The molecule has 1 unspecified atom stereocenters. The van der Waals surface area contributed by atoms with Gasteiger partial charge in [0.05, 0.1) is 5.75 Å². The Morgan fingerprint density at radius 2 is 2.00 bits per heavy atom. The van der Waals surface area contributed by atoms with E-state index in [1.165, 1.54) is 36.0 Å². The number of aromatic nitrogens is 2. The molecular formula is C20H23ClFN5O2S. The molecule has 2 heterocycles. The van der Waals surface area contributed by atoms with Gasteiger partial charge in [0.2, 0.25) is 11.8 Å². The van der Waals surface area contributed by atoms with Crippen molar-refractivity contribution >= 4 is 46.7 Å². The van der Waals surface area contributed by atoms with E-state index in [-0.39, 0.29) is 29.4 Å². The highest BCUT2D eigenvalue weighted by molar-refractivity contribution is 7.99. The summed E-state index contributed by atoms with van der Waals surface area (Å²) in [7, 11) is 0. The van der Waals surface area contributed by atoms with Gasteiger partial charge >= 0.3 is 0 Å². The molecule has 1 fully saturated rings. The van der Waals surface area contributed by atoms with Gasteiger partial charge in [-0.05, 0) is 31.2 Å². The fourth-order valence-electron chi connectivity index (χ4n) is 3.21. The highest BCUT2D eigenvalue weighted by Crippen LogP contribution is 2.24. The van der Waals surface area contributed by atoms with E-state index in [9.17, 15) is 14.0 Å². The number of anilines is 2. The highest BCUT2D eigenvalue weighted by Gasteiger charge is 2.27. The number of nitrogens with zero attached hydrogens (tertiary/aromatic N) is 4. The lowest BCUT2D eigenvalue weighted by atomic mass is 10.1. The molecule has 10 heteroatoms. The second kappa shape index (κ2) is 10.1. The SMILES string of the molecule is CCC(=O)N1CCN(c2cc(Cl)nc(SCC(=O)Nc3ccc(F)cc3)n2)CC1C. The number of hydrogen-bond acceptors (Lipinski definition) is 6. The molecule has 0 spiro atoms. The van der Waals surface area contributed by atoms with Crippen molar-refractivity contribution in [2.24, 2.45) is 0 Å². The monoisotopic (exact) mass is 451 g/mol. The van der Waals surface area contributed by atoms with E-state index in [2.05, 4.69) is 20.2 Å². The first-order valence-electron chi connectivity index (χ1n) is 9.63. The lowest BCUT2D eigenvalue weighted by Gasteiger charge is -2.40. The fourth-order valence-corrected chi connectivity index (χ4v) is 4.09. The summed E-state index contributed by atoms with van der Waals surface area (Å²) in [6.45, 7) is 5.80. The summed E-state index contributed by atoms with van der Waals surface area (Å²) in [6.07, 6.45) is 0.491. The van der Waals surface area contributed by atoms with Gasteiger partial charge in [0.15, 0.2) is 5.16 Å². The van der Waals surface area contributed by atoms with Crippen molar-refractivity contribution < 1.29 is 14.0 Å². The Labute approximate surface area is 184 Å². The van der Waals surface area contributed by atoms with Gasteiger partial charge in [-0.1, -0.05) is 30.3 Å². The molecule has 0 radical (unpaired) electrons. The van der Waals surface area contributed by atoms with Crippen LogP contribution in [-0.4, -0.2) is 58.1 Å². The molecule has 2 aromatic rings. The smallest absolute Gasteiger partial charge is 0.234 e. The number of benzene rings is 1. The molecule has 1 aromatic carbocycles. The van der Waals surface area contributed by atoms with Crippen molar-refractivity contribution in [1.82, 2.24) is 14.9 Å². The topological polar surface area (TPSA) is 78.4 Å². The Balaban J connectivity index is 1.60. The summed E-state index contributed by atoms with van der Waals surface area (Å²) in [4.78, 5) is 36.9. The molecule has 0 saturated carbocycles. The third-order valence-electron chi connectivity index (χ3n) is 4.70. The molecule has 1 atom stereocenters. The van der Waals surface area contributed by atoms with Gasteiger partial charge in [-0.3, -0.25) is 9.59 Å². The summed E-state index contributed by atoms with van der Waals surface area (Å²) in [5, 5.41) is 3.38. The number of piperazine rings is 1. The van der Waals surface area contributed by atoms with Gasteiger partial charge in [-0.15, -0.1) is 0 Å². The number of amides is 2. The van der Waals surface area contributed by atoms with Crippen LogP contribution in [0.4, 0.5) is 15.9 Å². The molecular weight excluding hydrogens is 429 g/mol. The second-order valence-electron chi connectivity index (χ2n) is 6.91. The molecule has 7 nitrogen and oxygen atoms in total. The maximum Gasteiger partial charge on any atom is 0.234 e. The Hall–Kier alpha value is -2.39. The van der Waals surface area contributed by atoms with E-state index in [0.717, 1.165) is 0 Å². The third kappa shape index (κ3) is 5.82. The lowest BCUT2D eigenvalue weighted by Crippen LogP contribution is -2.54. The number of carbonyl (C=O) groups excluding carboxylic acids is 2. The number of halogens is 2. The van der Waals surface area contributed by atoms with Crippen LogP contribution < -0.4 is 10.2 Å². The second-order valence-corrected chi connectivity index (χ2v) is 8.24. The lowest BCUT2D eigenvalue weighted by molar-refractivity contribution is -0.133. The number of nitrogens with one attached hydrogen (secondary N) is 1. The van der Waals surface area contributed by atoms with E-state index in [1.807, 2.05) is 18.7 Å². The number of hydrogen-bond donors (Lipinski definition) is 1. The van der Waals surface area contributed by atoms with Crippen LogP contribution in [0.2, 0.25) is 5.15 Å². The van der Waals surface area contributed by atoms with Crippen molar-refractivity contribution in [1.29, 1.82) is 0 Å². The fraction of sp³-hybridized carbons (Fsp3) is 0.400. The predicted molar refractivity (Wildman–Crippen MR) is 116 cm³/mol. The minimum atomic E-state index is -0.364. The molecule has 1 aliphatic rings. The van der Waals surface area contributed by atoms with E-state index < -0.39 is 0 Å². The standard InChI is InChI=1S/C20H23ClFN5O2S/c1-3-19(29)27-9-8-26(11-13(27)2)17-10-16(21)24-20(25-17)30-12-18(28)23-15-6-4-14(22)5-7-15/h4-7,10,13H,3,8-9,11-12H2,1-2H3,(H,23,28). The van der Waals surface area contributed by atoms with E-state index >= 15 is 0 Å². The molecule has 1 N–H and O–H groups in total. The zero-order chi connectivity index (χ0) is 21.7. The number of thioether (sulfide) groups is 1. The molecule has 160 valence electrons. The molecule has 2 amide bonds. The normalized spacial score (nSPS) is 16.5. The van der Waals surface area contributed by atoms with Crippen molar-refractivity contribution in [2.45, 2.75) is 31.5 Å². The van der Waals surface area contributed by atoms with Crippen LogP contribution in [0.5, 0.6) is 0 Å². The largest absolute Gasteiger partial charge is 0.353 e. The molecule has 0 bridgehead atoms. The Morgan fingerprint density at radius 3 is 2.67 bits per heavy atom. The zero-order valence-corrected chi connectivity index (χ0v) is 18.3. The van der Waals surface area contributed by atoms with Gasteiger partial charge in [-0.2, -0.15) is 0 Å². The minimum Gasteiger partial charge on any atom is -0.353 e. The van der Waals surface area contributed by atoms with Crippen LogP contribution in [0.25, 0.3) is 0 Å². The Bertz CT molecular complexity index is 915. The van der Waals surface area contributed by atoms with Crippen molar-refractivity contribution in [3.63, 3.8) is 0 Å². The molecule has 1 aliphatic heterocycles. The van der Waals surface area contributed by atoms with E-state index in [1.54, 1.807) is 6.07 Å². The van der Waals surface area contributed by atoms with Gasteiger partial charge < -0.3 is 15.1 Å². The maximum atomic E-state index is 13.0. The van der Waals surface area contributed by atoms with Crippen LogP contribution >= 0.6 is 23.4 Å². The Kier molecular flexibility index (Phi) is 7.49. The quantitative estimate of drug-likeness (QED) is 0.411. The first kappa shape index (κ1) is 22.3. The van der Waals surface area contributed by atoms with Crippen molar-refractivity contribution in [3.8, 4) is 0 Å². The zero-order valence-electron chi connectivity index (χ0n) is 16.8. The van der Waals surface area contributed by atoms with Crippen molar-refractivity contribution in [3.05, 3.63) is 41.3 Å². The highest BCUT2D eigenvalue weighted by atomic mass is 35.5. The summed E-state index contributed by atoms with van der Waals surface area (Å²) in [6, 6.07) is 7.31. The molecule has 1 saturated heterocycles. The van der Waals surface area contributed by atoms with Gasteiger partial charge in [0, 0.05) is 43.9 Å². The van der Waals surface area contributed by atoms with Crippen molar-refractivity contribution in [2.75, 3.05) is 35.6 Å². The number of rotatable bonds is 6. The maximum absolute atomic E-state index is 13.0. The average Bonchev–Trinajstić information content (AvgIpc) is 2.73. The van der Waals surface area contributed by atoms with Crippen LogP contribution in [0.15, 0.2) is 35.5 Å². The first-order valence-corrected chi connectivity index (χ1v) is 11.0. The molecule has 3 rings (SSSR count). The summed E-state index contributed by atoms with van der Waals surface area (Å²) in [5.41, 5.74) is 0.517. The molecule has 0 aliphatic carbocycles. The first-order chi connectivity index (χ1) is 14.4. The van der Waals surface area contributed by atoms with Gasteiger partial charge in [0.25, 0.3) is 0 Å². The summed E-state index contributed by atoms with van der Waals surface area (Å²) in [5.74, 6) is 0.290. The van der Waals surface area contributed by atoms with Crippen LogP contribution in [0, 0.1) is 5.82 Å². The van der Waals surface area contributed by atoms with Crippen LogP contribution in [-0.2, 0) is 9.59 Å². The van der Waals surface area contributed by atoms with Crippen LogP contribution in [0.1, 0.15) is 20.3 Å². The van der Waals surface area contributed by atoms with Crippen LogP contribution in [0.3, 0.4) is 0 Å².